The molecule has 1 fully saturated rings. The lowest BCUT2D eigenvalue weighted by Gasteiger charge is -2.26. The first-order valence-corrected chi connectivity index (χ1v) is 10.2. The zero-order chi connectivity index (χ0) is 17.3. The minimum Gasteiger partial charge on any atom is -0.365 e. The summed E-state index contributed by atoms with van der Waals surface area (Å²) in [4.78, 5) is 8.80. The fourth-order valence-corrected chi connectivity index (χ4v) is 4.90. The van der Waals surface area contributed by atoms with E-state index in [4.69, 9.17) is 0 Å². The van der Waals surface area contributed by atoms with Gasteiger partial charge in [0.15, 0.2) is 0 Å². The van der Waals surface area contributed by atoms with Crippen LogP contribution in [0.3, 0.4) is 0 Å². The number of nitrogens with zero attached hydrogens (tertiary/aromatic N) is 5. The third-order valence-electron chi connectivity index (χ3n) is 4.85. The van der Waals surface area contributed by atoms with Crippen molar-refractivity contribution in [1.29, 1.82) is 0 Å². The lowest BCUT2D eigenvalue weighted by Crippen LogP contribution is -2.35. The van der Waals surface area contributed by atoms with Gasteiger partial charge in [0.1, 0.15) is 22.9 Å². The van der Waals surface area contributed by atoms with Gasteiger partial charge in [0.2, 0.25) is 10.0 Å². The quantitative estimate of drug-likeness (QED) is 0.881. The molecule has 0 aliphatic carbocycles. The molecule has 0 amide bonds. The van der Waals surface area contributed by atoms with Gasteiger partial charge >= 0.3 is 0 Å². The highest BCUT2D eigenvalue weighted by atomic mass is 32.2. The van der Waals surface area contributed by atoms with Gasteiger partial charge in [0.05, 0.1) is 6.54 Å². The van der Waals surface area contributed by atoms with Crippen LogP contribution in [-0.2, 0) is 23.0 Å². The van der Waals surface area contributed by atoms with Gasteiger partial charge < -0.3 is 5.32 Å². The summed E-state index contributed by atoms with van der Waals surface area (Å²) in [7, 11) is -3.42. The van der Waals surface area contributed by atoms with Crippen molar-refractivity contribution >= 4 is 15.8 Å². The molecule has 1 atom stereocenters. The van der Waals surface area contributed by atoms with Crippen molar-refractivity contribution < 1.29 is 8.42 Å². The van der Waals surface area contributed by atoms with Crippen LogP contribution < -0.4 is 5.32 Å². The number of sulfonamides is 1. The van der Waals surface area contributed by atoms with Gasteiger partial charge in [0, 0.05) is 31.7 Å². The first-order valence-electron chi connectivity index (χ1n) is 8.72. The molecule has 1 unspecified atom stereocenters. The summed E-state index contributed by atoms with van der Waals surface area (Å²) in [5, 5.41) is 7.57. The van der Waals surface area contributed by atoms with E-state index in [-0.39, 0.29) is 10.9 Å². The van der Waals surface area contributed by atoms with E-state index < -0.39 is 10.0 Å². The first-order chi connectivity index (χ1) is 12.1. The standard InChI is InChI=1S/C16H22N6O2S/c23-25(24,21-8-2-1-3-9-21)14-5-6-15(17-10-14)20-13-4-7-16-18-12-19-22(16)11-13/h5-6,10,12-13H,1-4,7-9,11H2,(H,17,20). The molecule has 8 nitrogen and oxygen atoms in total. The lowest BCUT2D eigenvalue weighted by molar-refractivity contribution is 0.346. The maximum atomic E-state index is 12.6. The Bertz CT molecular complexity index is 827. The zero-order valence-corrected chi connectivity index (χ0v) is 14.8. The molecule has 0 saturated carbocycles. The summed E-state index contributed by atoms with van der Waals surface area (Å²) in [6.45, 7) is 1.94. The third-order valence-corrected chi connectivity index (χ3v) is 6.73. The number of aryl methyl sites for hydroxylation is 1. The summed E-state index contributed by atoms with van der Waals surface area (Å²) < 4.78 is 28.7. The van der Waals surface area contributed by atoms with Crippen molar-refractivity contribution in [3.8, 4) is 0 Å². The molecule has 1 N–H and O–H groups in total. The van der Waals surface area contributed by atoms with E-state index in [9.17, 15) is 8.42 Å². The number of aromatic nitrogens is 4. The predicted octanol–water partition coefficient (Wildman–Crippen LogP) is 1.27. The number of piperidine rings is 1. The highest BCUT2D eigenvalue weighted by Crippen LogP contribution is 2.21. The topological polar surface area (TPSA) is 93.0 Å². The molecule has 0 aromatic carbocycles. The van der Waals surface area contributed by atoms with Crippen molar-refractivity contribution in [1.82, 2.24) is 24.1 Å². The second kappa shape index (κ2) is 6.72. The molecule has 9 heteroatoms. The van der Waals surface area contributed by atoms with Crippen LogP contribution in [0.2, 0.25) is 0 Å². The molecule has 2 aliphatic heterocycles. The maximum absolute atomic E-state index is 12.6. The Hall–Kier alpha value is -2.00. The van der Waals surface area contributed by atoms with Gasteiger partial charge in [-0.1, -0.05) is 6.42 Å². The highest BCUT2D eigenvalue weighted by molar-refractivity contribution is 7.89. The van der Waals surface area contributed by atoms with Crippen molar-refractivity contribution in [3.63, 3.8) is 0 Å². The Labute approximate surface area is 147 Å². The van der Waals surface area contributed by atoms with Crippen LogP contribution in [0.15, 0.2) is 29.6 Å². The summed E-state index contributed by atoms with van der Waals surface area (Å²) in [6.07, 6.45) is 7.82. The van der Waals surface area contributed by atoms with Gasteiger partial charge in [-0.25, -0.2) is 23.1 Å². The molecule has 2 aromatic rings. The first kappa shape index (κ1) is 16.5. The highest BCUT2D eigenvalue weighted by Gasteiger charge is 2.26. The van der Waals surface area contributed by atoms with E-state index in [1.54, 1.807) is 22.8 Å². The van der Waals surface area contributed by atoms with Crippen LogP contribution in [-0.4, -0.2) is 51.6 Å². The summed E-state index contributed by atoms with van der Waals surface area (Å²) in [5.74, 6) is 1.69. The molecule has 25 heavy (non-hydrogen) atoms. The average Bonchev–Trinajstić information content (AvgIpc) is 3.11. The van der Waals surface area contributed by atoms with Crippen molar-refractivity contribution in [2.24, 2.45) is 0 Å². The SMILES string of the molecule is O=S(=O)(c1ccc(NC2CCc3ncnn3C2)nc1)N1CCCCC1. The number of pyridine rings is 1. The average molecular weight is 362 g/mol. The number of hydrogen-bond donors (Lipinski definition) is 1. The van der Waals surface area contributed by atoms with Crippen LogP contribution in [0.1, 0.15) is 31.5 Å². The number of hydrogen-bond acceptors (Lipinski definition) is 6. The van der Waals surface area contributed by atoms with E-state index >= 15 is 0 Å². The molecular weight excluding hydrogens is 340 g/mol. The number of fused-ring (bicyclic) bond motifs is 1. The normalized spacial score (nSPS) is 21.7. The Morgan fingerprint density at radius 3 is 2.72 bits per heavy atom. The van der Waals surface area contributed by atoms with Crippen molar-refractivity contribution in [3.05, 3.63) is 30.5 Å². The molecule has 0 spiro atoms. The van der Waals surface area contributed by atoms with E-state index in [1.165, 1.54) is 6.20 Å². The van der Waals surface area contributed by atoms with Gasteiger partial charge in [-0.2, -0.15) is 9.40 Å². The molecule has 4 rings (SSSR count). The van der Waals surface area contributed by atoms with Crippen molar-refractivity contribution in [2.45, 2.75) is 49.6 Å². The Balaban J connectivity index is 1.43. The molecule has 0 radical (unpaired) electrons. The molecule has 134 valence electrons. The number of rotatable bonds is 4. The smallest absolute Gasteiger partial charge is 0.244 e. The second-order valence-corrected chi connectivity index (χ2v) is 8.52. The van der Waals surface area contributed by atoms with Crippen molar-refractivity contribution in [2.75, 3.05) is 18.4 Å². The third kappa shape index (κ3) is 3.38. The molecular formula is C16H22N6O2S. The van der Waals surface area contributed by atoms with Gasteiger partial charge in [0.25, 0.3) is 0 Å². The summed E-state index contributed by atoms with van der Waals surface area (Å²) >= 11 is 0. The predicted molar refractivity (Wildman–Crippen MR) is 92.6 cm³/mol. The van der Waals surface area contributed by atoms with E-state index in [2.05, 4.69) is 20.4 Å². The largest absolute Gasteiger partial charge is 0.365 e. The van der Waals surface area contributed by atoms with Crippen LogP contribution in [0.25, 0.3) is 0 Å². The number of nitrogens with one attached hydrogen (secondary N) is 1. The molecule has 2 aromatic heterocycles. The maximum Gasteiger partial charge on any atom is 0.244 e. The van der Waals surface area contributed by atoms with Gasteiger partial charge in [-0.3, -0.25) is 0 Å². The van der Waals surface area contributed by atoms with E-state index in [1.807, 2.05) is 4.68 Å². The van der Waals surface area contributed by atoms with Crippen LogP contribution >= 0.6 is 0 Å². The molecule has 2 aliphatic rings. The van der Waals surface area contributed by atoms with Crippen LogP contribution in [0.5, 0.6) is 0 Å². The molecule has 0 bridgehead atoms. The fourth-order valence-electron chi connectivity index (χ4n) is 3.44. The monoisotopic (exact) mass is 362 g/mol. The van der Waals surface area contributed by atoms with Gasteiger partial charge in [-0.15, -0.1) is 0 Å². The Morgan fingerprint density at radius 2 is 1.96 bits per heavy atom. The fraction of sp³-hybridized carbons (Fsp3) is 0.562. The summed E-state index contributed by atoms with van der Waals surface area (Å²) in [6, 6.07) is 3.60. The Kier molecular flexibility index (Phi) is 4.43. The Morgan fingerprint density at radius 1 is 1.12 bits per heavy atom. The van der Waals surface area contributed by atoms with Gasteiger partial charge in [-0.05, 0) is 31.4 Å². The summed E-state index contributed by atoms with van der Waals surface area (Å²) in [5.41, 5.74) is 0. The van der Waals surface area contributed by atoms with E-state index in [0.29, 0.717) is 18.9 Å². The number of anilines is 1. The second-order valence-electron chi connectivity index (χ2n) is 6.58. The zero-order valence-electron chi connectivity index (χ0n) is 14.0. The molecule has 4 heterocycles. The lowest BCUT2D eigenvalue weighted by atomic mass is 10.1. The van der Waals surface area contributed by atoms with Crippen LogP contribution in [0, 0.1) is 0 Å². The van der Waals surface area contributed by atoms with E-state index in [0.717, 1.165) is 44.5 Å². The molecule has 1 saturated heterocycles. The minimum absolute atomic E-state index is 0.214. The minimum atomic E-state index is -3.42. The van der Waals surface area contributed by atoms with Crippen LogP contribution in [0.4, 0.5) is 5.82 Å².